The zero-order valence-electron chi connectivity index (χ0n) is 10.8. The summed E-state index contributed by atoms with van der Waals surface area (Å²) in [7, 11) is 3.62. The maximum absolute atomic E-state index is 5.76. The maximum atomic E-state index is 5.76. The highest BCUT2D eigenvalue weighted by Crippen LogP contribution is 2.29. The quantitative estimate of drug-likeness (QED) is 0.875. The minimum Gasteiger partial charge on any atom is -0.487 e. The van der Waals surface area contributed by atoms with Gasteiger partial charge in [-0.15, -0.1) is 0 Å². The molecule has 0 heterocycles. The van der Waals surface area contributed by atoms with Gasteiger partial charge >= 0.3 is 0 Å². The van der Waals surface area contributed by atoms with Gasteiger partial charge in [-0.1, -0.05) is 6.07 Å². The van der Waals surface area contributed by atoms with Gasteiger partial charge in [0, 0.05) is 13.2 Å². The molecule has 1 aromatic rings. The van der Waals surface area contributed by atoms with E-state index in [-0.39, 0.29) is 6.10 Å². The Morgan fingerprint density at radius 3 is 2.59 bits per heavy atom. The summed E-state index contributed by atoms with van der Waals surface area (Å²) in [6.07, 6.45) is 0.0453. The first-order valence-electron chi connectivity index (χ1n) is 5.70. The number of methoxy groups -OCH3 is 1. The van der Waals surface area contributed by atoms with Gasteiger partial charge in [0.1, 0.15) is 11.9 Å². The SMILES string of the molecule is CNC(C)c1ccc(OC(C)COC)c(Br)c1. The van der Waals surface area contributed by atoms with Crippen LogP contribution in [0, 0.1) is 0 Å². The van der Waals surface area contributed by atoms with Gasteiger partial charge in [-0.25, -0.2) is 0 Å². The molecule has 0 aliphatic rings. The van der Waals surface area contributed by atoms with Gasteiger partial charge in [0.15, 0.2) is 0 Å². The number of benzene rings is 1. The van der Waals surface area contributed by atoms with Gasteiger partial charge in [-0.05, 0) is 54.5 Å². The van der Waals surface area contributed by atoms with Crippen molar-refractivity contribution in [2.75, 3.05) is 20.8 Å². The summed E-state index contributed by atoms with van der Waals surface area (Å²) in [6.45, 7) is 4.69. The largest absolute Gasteiger partial charge is 0.487 e. The Balaban J connectivity index is 2.76. The lowest BCUT2D eigenvalue weighted by Gasteiger charge is -2.17. The first-order valence-corrected chi connectivity index (χ1v) is 6.50. The normalized spacial score (nSPS) is 14.4. The fourth-order valence-corrected chi connectivity index (χ4v) is 2.02. The summed E-state index contributed by atoms with van der Waals surface area (Å²) in [5, 5.41) is 3.21. The fourth-order valence-electron chi connectivity index (χ4n) is 1.53. The van der Waals surface area contributed by atoms with Gasteiger partial charge in [0.2, 0.25) is 0 Å². The summed E-state index contributed by atoms with van der Waals surface area (Å²) in [5.74, 6) is 0.849. The van der Waals surface area contributed by atoms with E-state index in [1.165, 1.54) is 5.56 Å². The minimum absolute atomic E-state index is 0.0453. The molecule has 2 atom stereocenters. The lowest BCUT2D eigenvalue weighted by Crippen LogP contribution is -2.18. The molecule has 3 nitrogen and oxygen atoms in total. The van der Waals surface area contributed by atoms with Crippen LogP contribution in [0.1, 0.15) is 25.5 Å². The second kappa shape index (κ2) is 6.99. The average molecular weight is 302 g/mol. The third kappa shape index (κ3) is 4.30. The van der Waals surface area contributed by atoms with Crippen molar-refractivity contribution in [1.82, 2.24) is 5.32 Å². The highest BCUT2D eigenvalue weighted by molar-refractivity contribution is 9.10. The second-order valence-corrected chi connectivity index (χ2v) is 4.94. The minimum atomic E-state index is 0.0453. The average Bonchev–Trinajstić information content (AvgIpc) is 2.31. The van der Waals surface area contributed by atoms with E-state index in [2.05, 4.69) is 40.3 Å². The molecule has 0 aliphatic heterocycles. The summed E-state index contributed by atoms with van der Waals surface area (Å²) >= 11 is 3.53. The van der Waals surface area contributed by atoms with Gasteiger partial charge in [-0.3, -0.25) is 0 Å². The molecule has 17 heavy (non-hydrogen) atoms. The molecule has 0 bridgehead atoms. The molecule has 2 unspecified atom stereocenters. The monoisotopic (exact) mass is 301 g/mol. The standard InChI is InChI=1S/C13H20BrNO2/c1-9(8-16-4)17-13-6-5-11(7-12(13)14)10(2)15-3/h5-7,9-10,15H,8H2,1-4H3. The van der Waals surface area contributed by atoms with Crippen molar-refractivity contribution in [3.05, 3.63) is 28.2 Å². The predicted molar refractivity (Wildman–Crippen MR) is 73.6 cm³/mol. The highest BCUT2D eigenvalue weighted by atomic mass is 79.9. The Hall–Kier alpha value is -0.580. The van der Waals surface area contributed by atoms with Gasteiger partial charge < -0.3 is 14.8 Å². The molecule has 1 rings (SSSR count). The molecule has 0 saturated carbocycles. The maximum Gasteiger partial charge on any atom is 0.134 e. The smallest absolute Gasteiger partial charge is 0.134 e. The predicted octanol–water partition coefficient (Wildman–Crippen LogP) is 3.14. The van der Waals surface area contributed by atoms with E-state index in [9.17, 15) is 0 Å². The number of rotatable bonds is 6. The summed E-state index contributed by atoms with van der Waals surface area (Å²) in [5.41, 5.74) is 1.23. The summed E-state index contributed by atoms with van der Waals surface area (Å²) in [4.78, 5) is 0. The van der Waals surface area contributed by atoms with Crippen LogP contribution in [0.4, 0.5) is 0 Å². The molecule has 1 N–H and O–H groups in total. The van der Waals surface area contributed by atoms with Crippen LogP contribution < -0.4 is 10.1 Å². The molecule has 0 fully saturated rings. The molecule has 0 radical (unpaired) electrons. The van der Waals surface area contributed by atoms with E-state index in [0.717, 1.165) is 10.2 Å². The Labute approximate surface area is 112 Å². The van der Waals surface area contributed by atoms with Crippen molar-refractivity contribution < 1.29 is 9.47 Å². The van der Waals surface area contributed by atoms with E-state index in [1.54, 1.807) is 7.11 Å². The number of hydrogen-bond donors (Lipinski definition) is 1. The van der Waals surface area contributed by atoms with E-state index in [1.807, 2.05) is 20.0 Å². The molecular weight excluding hydrogens is 282 g/mol. The summed E-state index contributed by atoms with van der Waals surface area (Å²) in [6, 6.07) is 6.47. The van der Waals surface area contributed by atoms with E-state index in [0.29, 0.717) is 12.6 Å². The van der Waals surface area contributed by atoms with Crippen LogP contribution in [-0.4, -0.2) is 26.9 Å². The van der Waals surface area contributed by atoms with Crippen LogP contribution in [0.5, 0.6) is 5.75 Å². The van der Waals surface area contributed by atoms with Crippen LogP contribution in [0.2, 0.25) is 0 Å². The number of ether oxygens (including phenoxy) is 2. The number of halogens is 1. The summed E-state index contributed by atoms with van der Waals surface area (Å²) < 4.78 is 11.8. The Morgan fingerprint density at radius 2 is 2.06 bits per heavy atom. The molecule has 0 spiro atoms. The van der Waals surface area contributed by atoms with E-state index >= 15 is 0 Å². The topological polar surface area (TPSA) is 30.5 Å². The molecule has 0 amide bonds. The van der Waals surface area contributed by atoms with Crippen molar-refractivity contribution in [2.45, 2.75) is 26.0 Å². The third-order valence-electron chi connectivity index (χ3n) is 2.62. The first kappa shape index (κ1) is 14.5. The van der Waals surface area contributed by atoms with Crippen molar-refractivity contribution in [1.29, 1.82) is 0 Å². The zero-order chi connectivity index (χ0) is 12.8. The molecule has 1 aromatic carbocycles. The molecule has 0 saturated heterocycles. The lowest BCUT2D eigenvalue weighted by molar-refractivity contribution is 0.0915. The van der Waals surface area contributed by atoms with Crippen LogP contribution >= 0.6 is 15.9 Å². The Bertz CT molecular complexity index is 357. The molecule has 4 heteroatoms. The van der Waals surface area contributed by atoms with E-state index < -0.39 is 0 Å². The van der Waals surface area contributed by atoms with Crippen LogP contribution in [0.15, 0.2) is 22.7 Å². The van der Waals surface area contributed by atoms with Gasteiger partial charge in [0.05, 0.1) is 11.1 Å². The second-order valence-electron chi connectivity index (χ2n) is 4.08. The molecule has 0 aliphatic carbocycles. The van der Waals surface area contributed by atoms with Crippen molar-refractivity contribution >= 4 is 15.9 Å². The Kier molecular flexibility index (Phi) is 5.95. The fraction of sp³-hybridized carbons (Fsp3) is 0.538. The zero-order valence-corrected chi connectivity index (χ0v) is 12.4. The van der Waals surface area contributed by atoms with E-state index in [4.69, 9.17) is 9.47 Å². The molecule has 0 aromatic heterocycles. The van der Waals surface area contributed by atoms with Crippen molar-refractivity contribution in [2.24, 2.45) is 0 Å². The Morgan fingerprint density at radius 1 is 1.35 bits per heavy atom. The number of nitrogens with one attached hydrogen (secondary N) is 1. The molecule has 96 valence electrons. The number of hydrogen-bond acceptors (Lipinski definition) is 3. The lowest BCUT2D eigenvalue weighted by atomic mass is 10.1. The van der Waals surface area contributed by atoms with Gasteiger partial charge in [-0.2, -0.15) is 0 Å². The van der Waals surface area contributed by atoms with Crippen molar-refractivity contribution in [3.8, 4) is 5.75 Å². The van der Waals surface area contributed by atoms with Crippen molar-refractivity contribution in [3.63, 3.8) is 0 Å². The van der Waals surface area contributed by atoms with Gasteiger partial charge in [0.25, 0.3) is 0 Å². The highest BCUT2D eigenvalue weighted by Gasteiger charge is 2.09. The van der Waals surface area contributed by atoms with Crippen LogP contribution in [0.3, 0.4) is 0 Å². The first-order chi connectivity index (χ1) is 8.08. The van der Waals surface area contributed by atoms with Crippen LogP contribution in [-0.2, 0) is 4.74 Å². The van der Waals surface area contributed by atoms with Crippen LogP contribution in [0.25, 0.3) is 0 Å². The third-order valence-corrected chi connectivity index (χ3v) is 3.24. The molecular formula is C13H20BrNO2.